The fraction of sp³-hybridized carbons (Fsp3) is 0.200. The topological polar surface area (TPSA) is 71.3 Å². The summed E-state index contributed by atoms with van der Waals surface area (Å²) in [6.07, 6.45) is 1.40. The average molecular weight is 306 g/mol. The normalized spacial score (nSPS) is 17.0. The third kappa shape index (κ3) is 2.57. The molecule has 114 valence electrons. The number of amides is 1. The number of halogens is 2. The first-order chi connectivity index (χ1) is 10.4. The highest BCUT2D eigenvalue weighted by Crippen LogP contribution is 2.29. The summed E-state index contributed by atoms with van der Waals surface area (Å²) in [5.41, 5.74) is 1.03. The molecule has 7 heteroatoms. The highest BCUT2D eigenvalue weighted by molar-refractivity contribution is 5.95. The maximum atomic E-state index is 13.3. The number of carbonyl (C=O) groups is 2. The summed E-state index contributed by atoms with van der Waals surface area (Å²) in [7, 11) is 0. The molecule has 0 aliphatic carbocycles. The van der Waals surface area contributed by atoms with E-state index in [1.165, 1.54) is 6.07 Å². The first-order valence-electron chi connectivity index (χ1n) is 6.62. The van der Waals surface area contributed by atoms with Gasteiger partial charge in [0, 0.05) is 24.4 Å². The largest absolute Gasteiger partial charge is 0.481 e. The van der Waals surface area contributed by atoms with E-state index in [2.05, 4.69) is 5.32 Å². The van der Waals surface area contributed by atoms with E-state index in [0.717, 1.165) is 18.2 Å². The molecule has 1 aliphatic heterocycles. The van der Waals surface area contributed by atoms with Gasteiger partial charge in [-0.05, 0) is 23.8 Å². The number of benzene rings is 1. The Morgan fingerprint density at radius 1 is 1.23 bits per heavy atom. The smallest absolute Gasteiger partial charge is 0.305 e. The second-order valence-electron chi connectivity index (χ2n) is 5.14. The molecule has 2 heterocycles. The second kappa shape index (κ2) is 5.25. The summed E-state index contributed by atoms with van der Waals surface area (Å²) in [6.45, 7) is 0.198. The van der Waals surface area contributed by atoms with E-state index >= 15 is 0 Å². The van der Waals surface area contributed by atoms with Crippen molar-refractivity contribution in [3.8, 4) is 11.1 Å². The molecule has 0 unspecified atom stereocenters. The summed E-state index contributed by atoms with van der Waals surface area (Å²) >= 11 is 0. The van der Waals surface area contributed by atoms with Crippen LogP contribution in [0.4, 0.5) is 8.78 Å². The molecule has 0 saturated heterocycles. The van der Waals surface area contributed by atoms with E-state index in [-0.39, 0.29) is 24.6 Å². The van der Waals surface area contributed by atoms with Gasteiger partial charge in [0.25, 0.3) is 5.91 Å². The molecule has 2 N–H and O–H groups in total. The molecule has 22 heavy (non-hydrogen) atoms. The van der Waals surface area contributed by atoms with Crippen LogP contribution in [0.15, 0.2) is 30.5 Å². The lowest BCUT2D eigenvalue weighted by Crippen LogP contribution is -2.39. The van der Waals surface area contributed by atoms with Gasteiger partial charge < -0.3 is 15.0 Å². The Morgan fingerprint density at radius 3 is 2.55 bits per heavy atom. The fourth-order valence-electron chi connectivity index (χ4n) is 2.61. The van der Waals surface area contributed by atoms with Gasteiger partial charge in [0.05, 0.1) is 12.5 Å². The third-order valence-electron chi connectivity index (χ3n) is 3.58. The van der Waals surface area contributed by atoms with Gasteiger partial charge in [-0.15, -0.1) is 0 Å². The lowest BCUT2D eigenvalue weighted by atomic mass is 10.1. The maximum absolute atomic E-state index is 13.3. The number of carboxylic acids is 1. The van der Waals surface area contributed by atoms with Crippen LogP contribution in [0.25, 0.3) is 11.1 Å². The van der Waals surface area contributed by atoms with Crippen LogP contribution in [0.3, 0.4) is 0 Å². The molecule has 1 aromatic heterocycles. The van der Waals surface area contributed by atoms with Crippen LogP contribution >= 0.6 is 0 Å². The zero-order valence-corrected chi connectivity index (χ0v) is 11.3. The number of hydrogen-bond donors (Lipinski definition) is 2. The number of aromatic nitrogens is 1. The molecule has 1 aliphatic rings. The van der Waals surface area contributed by atoms with Crippen LogP contribution in [-0.2, 0) is 4.79 Å². The number of nitrogens with zero attached hydrogens (tertiary/aromatic N) is 1. The highest BCUT2D eigenvalue weighted by atomic mass is 19.1. The maximum Gasteiger partial charge on any atom is 0.305 e. The fourth-order valence-corrected chi connectivity index (χ4v) is 2.61. The second-order valence-corrected chi connectivity index (χ2v) is 5.14. The number of nitrogens with one attached hydrogen (secondary N) is 1. The number of carbonyl (C=O) groups excluding carboxylic acids is 1. The van der Waals surface area contributed by atoms with E-state index in [0.29, 0.717) is 11.1 Å². The van der Waals surface area contributed by atoms with Crippen LogP contribution in [0, 0.1) is 11.6 Å². The zero-order valence-electron chi connectivity index (χ0n) is 11.3. The summed E-state index contributed by atoms with van der Waals surface area (Å²) in [5.74, 6) is -2.76. The predicted molar refractivity (Wildman–Crippen MR) is 73.4 cm³/mol. The number of hydrogen-bond acceptors (Lipinski definition) is 2. The third-order valence-corrected chi connectivity index (χ3v) is 3.58. The van der Waals surface area contributed by atoms with E-state index in [9.17, 15) is 18.4 Å². The van der Waals surface area contributed by atoms with E-state index in [1.54, 1.807) is 10.8 Å². The predicted octanol–water partition coefficient (Wildman–Crippen LogP) is 2.19. The van der Waals surface area contributed by atoms with Crippen molar-refractivity contribution in [2.24, 2.45) is 0 Å². The Bertz CT molecular complexity index is 750. The van der Waals surface area contributed by atoms with Crippen LogP contribution < -0.4 is 5.32 Å². The number of aliphatic carboxylic acids is 1. The van der Waals surface area contributed by atoms with Crippen LogP contribution in [-0.4, -0.2) is 28.1 Å². The highest BCUT2D eigenvalue weighted by Gasteiger charge is 2.27. The first-order valence-corrected chi connectivity index (χ1v) is 6.62. The van der Waals surface area contributed by atoms with Gasteiger partial charge in [0.1, 0.15) is 17.3 Å². The molecule has 2 aromatic rings. The summed E-state index contributed by atoms with van der Waals surface area (Å²) in [6, 6.07) is 4.15. The monoisotopic (exact) mass is 306 g/mol. The van der Waals surface area contributed by atoms with Crippen molar-refractivity contribution in [3.05, 3.63) is 47.8 Å². The van der Waals surface area contributed by atoms with Gasteiger partial charge in [0.2, 0.25) is 0 Å². The molecule has 3 rings (SSSR count). The molecule has 0 fully saturated rings. The lowest BCUT2D eigenvalue weighted by molar-refractivity contribution is -0.137. The Balaban J connectivity index is 2.05. The molecule has 1 amide bonds. The van der Waals surface area contributed by atoms with Gasteiger partial charge >= 0.3 is 5.97 Å². The number of rotatable bonds is 3. The molecule has 0 saturated carbocycles. The summed E-state index contributed by atoms with van der Waals surface area (Å²) in [4.78, 5) is 22.8. The lowest BCUT2D eigenvalue weighted by Gasteiger charge is -2.25. The van der Waals surface area contributed by atoms with Crippen molar-refractivity contribution in [2.75, 3.05) is 6.54 Å². The molecule has 1 aromatic carbocycles. The van der Waals surface area contributed by atoms with Gasteiger partial charge in [-0.25, -0.2) is 8.78 Å². The zero-order chi connectivity index (χ0) is 15.9. The molecule has 5 nitrogen and oxygen atoms in total. The minimum atomic E-state index is -0.987. The Morgan fingerprint density at radius 2 is 1.91 bits per heavy atom. The van der Waals surface area contributed by atoms with Crippen molar-refractivity contribution in [1.82, 2.24) is 9.88 Å². The molecular weight excluding hydrogens is 294 g/mol. The van der Waals surface area contributed by atoms with Gasteiger partial charge in [-0.1, -0.05) is 0 Å². The van der Waals surface area contributed by atoms with E-state index in [1.807, 2.05) is 0 Å². The molecule has 0 radical (unpaired) electrons. The quantitative estimate of drug-likeness (QED) is 0.913. The Kier molecular flexibility index (Phi) is 3.40. The van der Waals surface area contributed by atoms with Crippen molar-refractivity contribution in [1.29, 1.82) is 0 Å². The van der Waals surface area contributed by atoms with E-state index < -0.39 is 23.6 Å². The van der Waals surface area contributed by atoms with Crippen molar-refractivity contribution in [2.45, 2.75) is 12.5 Å². The Hall–Kier alpha value is -2.70. The molecule has 0 spiro atoms. The van der Waals surface area contributed by atoms with Gasteiger partial charge in [-0.3, -0.25) is 9.59 Å². The van der Waals surface area contributed by atoms with Gasteiger partial charge in [0.15, 0.2) is 0 Å². The number of carboxylic acid groups (broad SMARTS) is 1. The van der Waals surface area contributed by atoms with Crippen molar-refractivity contribution >= 4 is 11.9 Å². The van der Waals surface area contributed by atoms with Crippen molar-refractivity contribution < 1.29 is 23.5 Å². The summed E-state index contributed by atoms with van der Waals surface area (Å²) < 4.78 is 28.2. The molecular formula is C15H12F2N2O3. The SMILES string of the molecule is O=C(O)C[C@@H]1CNC(=O)c2cc(-c3cc(F)cc(F)c3)cn21. The van der Waals surface area contributed by atoms with Crippen molar-refractivity contribution in [3.63, 3.8) is 0 Å². The standard InChI is InChI=1S/C15H12F2N2O3/c16-10-1-8(2-11(17)4-10)9-3-13-15(22)18-6-12(5-14(20)21)19(13)7-9/h1-4,7,12H,5-6H2,(H,18,22)(H,20,21)/t12-/m1/s1. The molecule has 0 bridgehead atoms. The molecule has 1 atom stereocenters. The van der Waals surface area contributed by atoms with Crippen LogP contribution in [0.1, 0.15) is 23.0 Å². The average Bonchev–Trinajstić information content (AvgIpc) is 2.87. The van der Waals surface area contributed by atoms with Gasteiger partial charge in [-0.2, -0.15) is 0 Å². The van der Waals surface area contributed by atoms with E-state index in [4.69, 9.17) is 5.11 Å². The Labute approximate surface area is 124 Å². The minimum Gasteiger partial charge on any atom is -0.481 e. The number of fused-ring (bicyclic) bond motifs is 1. The first kappa shape index (κ1) is 14.2. The minimum absolute atomic E-state index is 0.154. The van der Waals surface area contributed by atoms with Crippen LogP contribution in [0.5, 0.6) is 0 Å². The van der Waals surface area contributed by atoms with Crippen LogP contribution in [0.2, 0.25) is 0 Å². The summed E-state index contributed by atoms with van der Waals surface area (Å²) in [5, 5.41) is 11.5.